The molecular formula is C10H11BrO4S. The van der Waals surface area contributed by atoms with Crippen LogP contribution in [0.1, 0.15) is 0 Å². The highest BCUT2D eigenvalue weighted by Crippen LogP contribution is 2.23. The molecule has 1 heterocycles. The minimum atomic E-state index is -3.16. The van der Waals surface area contributed by atoms with Crippen molar-refractivity contribution in [2.75, 3.05) is 11.5 Å². The fourth-order valence-electron chi connectivity index (χ4n) is 1.62. The van der Waals surface area contributed by atoms with Crippen molar-refractivity contribution in [3.63, 3.8) is 0 Å². The average Bonchev–Trinajstić information content (AvgIpc) is 2.39. The maximum atomic E-state index is 11.3. The SMILES string of the molecule is O=S1(=O)CC(O)C(Oc2cccc(Br)c2)C1. The Morgan fingerprint density at radius 2 is 2.12 bits per heavy atom. The molecule has 1 aromatic rings. The summed E-state index contributed by atoms with van der Waals surface area (Å²) in [4.78, 5) is 0. The molecule has 0 bridgehead atoms. The second-order valence-corrected chi connectivity index (χ2v) is 6.83. The summed E-state index contributed by atoms with van der Waals surface area (Å²) < 4.78 is 28.8. The van der Waals surface area contributed by atoms with E-state index in [0.717, 1.165) is 4.47 Å². The maximum Gasteiger partial charge on any atom is 0.156 e. The molecule has 1 saturated heterocycles. The molecule has 4 nitrogen and oxygen atoms in total. The number of benzene rings is 1. The lowest BCUT2D eigenvalue weighted by Gasteiger charge is -2.15. The fraction of sp³-hybridized carbons (Fsp3) is 0.400. The van der Waals surface area contributed by atoms with E-state index in [-0.39, 0.29) is 11.5 Å². The predicted molar refractivity (Wildman–Crippen MR) is 63.2 cm³/mol. The van der Waals surface area contributed by atoms with Gasteiger partial charge >= 0.3 is 0 Å². The summed E-state index contributed by atoms with van der Waals surface area (Å²) in [6, 6.07) is 7.09. The van der Waals surface area contributed by atoms with E-state index in [1.165, 1.54) is 0 Å². The molecule has 0 aromatic heterocycles. The zero-order valence-electron chi connectivity index (χ0n) is 8.34. The van der Waals surface area contributed by atoms with E-state index in [0.29, 0.717) is 5.75 Å². The van der Waals surface area contributed by atoms with E-state index < -0.39 is 22.0 Å². The molecule has 1 fully saturated rings. The van der Waals surface area contributed by atoms with Crippen molar-refractivity contribution in [3.05, 3.63) is 28.7 Å². The van der Waals surface area contributed by atoms with Gasteiger partial charge in [-0.3, -0.25) is 0 Å². The monoisotopic (exact) mass is 306 g/mol. The molecule has 88 valence electrons. The molecule has 0 spiro atoms. The van der Waals surface area contributed by atoms with Crippen LogP contribution in [0.3, 0.4) is 0 Å². The second-order valence-electron chi connectivity index (χ2n) is 3.76. The Morgan fingerprint density at radius 1 is 1.38 bits per heavy atom. The van der Waals surface area contributed by atoms with Gasteiger partial charge in [0.05, 0.1) is 11.5 Å². The van der Waals surface area contributed by atoms with Gasteiger partial charge in [-0.1, -0.05) is 22.0 Å². The summed E-state index contributed by atoms with van der Waals surface area (Å²) in [5, 5.41) is 9.54. The molecule has 1 aliphatic heterocycles. The number of sulfone groups is 1. The van der Waals surface area contributed by atoms with Gasteiger partial charge in [0, 0.05) is 4.47 Å². The van der Waals surface area contributed by atoms with E-state index in [1.54, 1.807) is 18.2 Å². The molecular weight excluding hydrogens is 296 g/mol. The number of hydrogen-bond acceptors (Lipinski definition) is 4. The first kappa shape index (κ1) is 11.9. The van der Waals surface area contributed by atoms with Crippen molar-refractivity contribution < 1.29 is 18.3 Å². The second kappa shape index (κ2) is 4.35. The predicted octanol–water partition coefficient (Wildman–Crippen LogP) is 0.986. The van der Waals surface area contributed by atoms with Crippen molar-refractivity contribution >= 4 is 25.8 Å². The molecule has 6 heteroatoms. The largest absolute Gasteiger partial charge is 0.487 e. The van der Waals surface area contributed by atoms with Gasteiger partial charge in [-0.05, 0) is 18.2 Å². The molecule has 2 rings (SSSR count). The van der Waals surface area contributed by atoms with Crippen LogP contribution in [0.4, 0.5) is 0 Å². The minimum absolute atomic E-state index is 0.124. The first-order valence-corrected chi connectivity index (χ1v) is 7.38. The summed E-state index contributed by atoms with van der Waals surface area (Å²) in [7, 11) is -3.16. The molecule has 0 aliphatic carbocycles. The highest BCUT2D eigenvalue weighted by molar-refractivity contribution is 9.10. The number of aliphatic hydroxyl groups excluding tert-OH is 1. The topological polar surface area (TPSA) is 63.6 Å². The van der Waals surface area contributed by atoms with Crippen LogP contribution in [0.5, 0.6) is 5.75 Å². The summed E-state index contributed by atoms with van der Waals surface area (Å²) >= 11 is 3.29. The molecule has 0 amide bonds. The van der Waals surface area contributed by atoms with Crippen LogP contribution in [-0.2, 0) is 9.84 Å². The van der Waals surface area contributed by atoms with Gasteiger partial charge in [0.2, 0.25) is 0 Å². The van der Waals surface area contributed by atoms with Crippen LogP contribution in [0.25, 0.3) is 0 Å². The van der Waals surface area contributed by atoms with Crippen molar-refractivity contribution in [1.82, 2.24) is 0 Å². The number of aliphatic hydroxyl groups is 1. The van der Waals surface area contributed by atoms with E-state index in [1.807, 2.05) is 6.07 Å². The first-order valence-electron chi connectivity index (χ1n) is 4.77. The standard InChI is InChI=1S/C10H11BrO4S/c11-7-2-1-3-8(4-7)15-10-6-16(13,14)5-9(10)12/h1-4,9-10,12H,5-6H2. The Kier molecular flexibility index (Phi) is 3.23. The van der Waals surface area contributed by atoms with E-state index >= 15 is 0 Å². The van der Waals surface area contributed by atoms with Crippen molar-refractivity contribution in [2.45, 2.75) is 12.2 Å². The average molecular weight is 307 g/mol. The Balaban J connectivity index is 2.11. The maximum absolute atomic E-state index is 11.3. The highest BCUT2D eigenvalue weighted by Gasteiger charge is 2.38. The Morgan fingerprint density at radius 3 is 2.69 bits per heavy atom. The van der Waals surface area contributed by atoms with Crippen LogP contribution in [0, 0.1) is 0 Å². The Labute approximate surface area is 102 Å². The number of ether oxygens (including phenoxy) is 1. The zero-order valence-corrected chi connectivity index (χ0v) is 10.7. The molecule has 1 aliphatic rings. The van der Waals surface area contributed by atoms with Crippen molar-refractivity contribution in [3.8, 4) is 5.75 Å². The van der Waals surface area contributed by atoms with Gasteiger partial charge in [-0.25, -0.2) is 8.42 Å². The number of halogens is 1. The van der Waals surface area contributed by atoms with E-state index in [4.69, 9.17) is 4.74 Å². The van der Waals surface area contributed by atoms with Gasteiger partial charge in [0.1, 0.15) is 18.0 Å². The quantitative estimate of drug-likeness (QED) is 0.885. The Hall–Kier alpha value is -0.590. The van der Waals surface area contributed by atoms with Crippen molar-refractivity contribution in [2.24, 2.45) is 0 Å². The van der Waals surface area contributed by atoms with E-state index in [9.17, 15) is 13.5 Å². The third kappa shape index (κ3) is 2.75. The normalized spacial score (nSPS) is 27.9. The fourth-order valence-corrected chi connectivity index (χ4v) is 3.66. The molecule has 1 aromatic carbocycles. The lowest BCUT2D eigenvalue weighted by atomic mass is 10.2. The van der Waals surface area contributed by atoms with Crippen LogP contribution >= 0.6 is 15.9 Å². The van der Waals surface area contributed by atoms with Crippen LogP contribution in [0.2, 0.25) is 0 Å². The lowest BCUT2D eigenvalue weighted by molar-refractivity contribution is 0.0737. The third-order valence-corrected chi connectivity index (χ3v) is 4.53. The lowest BCUT2D eigenvalue weighted by Crippen LogP contribution is -2.29. The van der Waals surface area contributed by atoms with E-state index in [2.05, 4.69) is 15.9 Å². The van der Waals surface area contributed by atoms with Crippen LogP contribution in [-0.4, -0.2) is 37.2 Å². The van der Waals surface area contributed by atoms with Crippen LogP contribution < -0.4 is 4.74 Å². The highest BCUT2D eigenvalue weighted by atomic mass is 79.9. The Bertz CT molecular complexity index is 485. The number of hydrogen-bond donors (Lipinski definition) is 1. The third-order valence-electron chi connectivity index (χ3n) is 2.36. The van der Waals surface area contributed by atoms with Crippen LogP contribution in [0.15, 0.2) is 28.7 Å². The smallest absolute Gasteiger partial charge is 0.156 e. The minimum Gasteiger partial charge on any atom is -0.487 e. The molecule has 2 unspecified atom stereocenters. The number of rotatable bonds is 2. The summed E-state index contributed by atoms with van der Waals surface area (Å²) in [5.74, 6) is 0.210. The van der Waals surface area contributed by atoms with Gasteiger partial charge in [0.15, 0.2) is 9.84 Å². The zero-order chi connectivity index (χ0) is 11.8. The molecule has 0 saturated carbocycles. The van der Waals surface area contributed by atoms with Gasteiger partial charge in [-0.15, -0.1) is 0 Å². The molecule has 1 N–H and O–H groups in total. The van der Waals surface area contributed by atoms with Crippen molar-refractivity contribution in [1.29, 1.82) is 0 Å². The molecule has 2 atom stereocenters. The van der Waals surface area contributed by atoms with Gasteiger partial charge in [0.25, 0.3) is 0 Å². The summed E-state index contributed by atoms with van der Waals surface area (Å²) in [6.45, 7) is 0. The summed E-state index contributed by atoms with van der Waals surface area (Å²) in [6.07, 6.45) is -1.61. The molecule has 16 heavy (non-hydrogen) atoms. The van der Waals surface area contributed by atoms with Gasteiger partial charge < -0.3 is 9.84 Å². The summed E-state index contributed by atoms with van der Waals surface area (Å²) in [5.41, 5.74) is 0. The van der Waals surface area contributed by atoms with Gasteiger partial charge in [-0.2, -0.15) is 0 Å². The first-order chi connectivity index (χ1) is 7.46. The molecule has 0 radical (unpaired) electrons.